The molecule has 1 aromatic carbocycles. The van der Waals surface area contributed by atoms with Crippen molar-refractivity contribution in [1.82, 2.24) is 9.88 Å². The minimum absolute atomic E-state index is 0.210. The number of aryl methyl sites for hydroxylation is 1. The maximum atomic E-state index is 13.0. The van der Waals surface area contributed by atoms with Gasteiger partial charge in [0.05, 0.1) is 11.5 Å². The van der Waals surface area contributed by atoms with Gasteiger partial charge < -0.3 is 10.1 Å². The van der Waals surface area contributed by atoms with Crippen molar-refractivity contribution >= 4 is 17.2 Å². The molecule has 3 aromatic rings. The molecule has 2 aromatic heterocycles. The number of halogens is 1. The first kappa shape index (κ1) is 20.8. The number of carbonyl (C=O) groups is 1. The number of rotatable bonds is 8. The van der Waals surface area contributed by atoms with Crippen molar-refractivity contribution in [2.75, 3.05) is 6.61 Å². The Bertz CT molecular complexity index is 1040. The van der Waals surface area contributed by atoms with Crippen LogP contribution in [0.1, 0.15) is 40.6 Å². The van der Waals surface area contributed by atoms with Crippen LogP contribution in [-0.2, 0) is 6.54 Å². The second-order valence-electron chi connectivity index (χ2n) is 6.68. The Morgan fingerprint density at radius 3 is 2.66 bits per heavy atom. The summed E-state index contributed by atoms with van der Waals surface area (Å²) in [7, 11) is 0. The number of hydrogen-bond donors (Lipinski definition) is 1. The normalized spacial score (nSPS) is 10.7. The maximum Gasteiger partial charge on any atom is 0.261 e. The number of carbonyl (C=O) groups excluding carboxylic acids is 1. The molecule has 0 aliphatic rings. The van der Waals surface area contributed by atoms with E-state index in [4.69, 9.17) is 4.74 Å². The first-order valence-corrected chi connectivity index (χ1v) is 10.3. The van der Waals surface area contributed by atoms with E-state index in [9.17, 15) is 14.0 Å². The lowest BCUT2D eigenvalue weighted by Gasteiger charge is -2.07. The van der Waals surface area contributed by atoms with Crippen molar-refractivity contribution in [3.8, 4) is 10.8 Å². The smallest absolute Gasteiger partial charge is 0.261 e. The van der Waals surface area contributed by atoms with Gasteiger partial charge in [0.1, 0.15) is 16.6 Å². The van der Waals surface area contributed by atoms with Crippen LogP contribution in [0.3, 0.4) is 0 Å². The van der Waals surface area contributed by atoms with Gasteiger partial charge in [0.25, 0.3) is 11.5 Å². The van der Waals surface area contributed by atoms with E-state index in [0.29, 0.717) is 28.8 Å². The van der Waals surface area contributed by atoms with E-state index in [1.807, 2.05) is 13.0 Å². The second kappa shape index (κ2) is 9.52. The Morgan fingerprint density at radius 2 is 1.97 bits per heavy atom. The molecule has 0 fully saturated rings. The van der Waals surface area contributed by atoms with Crippen LogP contribution in [0.4, 0.5) is 4.39 Å². The molecule has 0 radical (unpaired) electrons. The van der Waals surface area contributed by atoms with E-state index in [2.05, 4.69) is 12.2 Å². The van der Waals surface area contributed by atoms with Crippen molar-refractivity contribution in [3.63, 3.8) is 0 Å². The number of nitrogens with zero attached hydrogens (tertiary/aromatic N) is 1. The summed E-state index contributed by atoms with van der Waals surface area (Å²) in [4.78, 5) is 25.6. The average molecular weight is 415 g/mol. The molecule has 1 N–H and O–H groups in total. The molecule has 5 nitrogen and oxygen atoms in total. The van der Waals surface area contributed by atoms with Crippen molar-refractivity contribution in [1.29, 1.82) is 0 Å². The van der Waals surface area contributed by atoms with Crippen molar-refractivity contribution in [2.24, 2.45) is 0 Å². The lowest BCUT2D eigenvalue weighted by Crippen LogP contribution is -2.22. The van der Waals surface area contributed by atoms with Crippen LogP contribution in [0, 0.1) is 12.7 Å². The van der Waals surface area contributed by atoms with E-state index >= 15 is 0 Å². The molecule has 0 bridgehead atoms. The molecule has 3 rings (SSSR count). The maximum absolute atomic E-state index is 13.0. The molecule has 1 amide bonds. The number of ether oxygens (including phenoxy) is 1. The standard InChI is InChI=1S/C22H23FN2O3S/c1-3-4-11-28-18-9-10-25(19(26)13-18)20-12-15(2)21(29-20)22(27)24-14-16-5-7-17(23)8-6-16/h5-10,12-13H,3-4,11,14H2,1-2H3,(H,24,27). The lowest BCUT2D eigenvalue weighted by atomic mass is 10.2. The van der Waals surface area contributed by atoms with Crippen LogP contribution >= 0.6 is 11.3 Å². The van der Waals surface area contributed by atoms with Crippen LogP contribution in [0.2, 0.25) is 0 Å². The molecular formula is C22H23FN2O3S. The second-order valence-corrected chi connectivity index (χ2v) is 7.71. The van der Waals surface area contributed by atoms with Crippen molar-refractivity contribution in [2.45, 2.75) is 33.2 Å². The summed E-state index contributed by atoms with van der Waals surface area (Å²) < 4.78 is 20.1. The van der Waals surface area contributed by atoms with Gasteiger partial charge in [0.2, 0.25) is 0 Å². The van der Waals surface area contributed by atoms with Crippen LogP contribution < -0.4 is 15.6 Å². The minimum Gasteiger partial charge on any atom is -0.493 e. The third-order valence-electron chi connectivity index (χ3n) is 4.37. The van der Waals surface area contributed by atoms with Gasteiger partial charge in [-0.3, -0.25) is 14.2 Å². The predicted octanol–water partition coefficient (Wildman–Crippen LogP) is 4.46. The molecule has 2 heterocycles. The van der Waals surface area contributed by atoms with Crippen molar-refractivity contribution in [3.05, 3.63) is 80.8 Å². The van der Waals surface area contributed by atoms with Gasteiger partial charge in [-0.1, -0.05) is 25.5 Å². The largest absolute Gasteiger partial charge is 0.493 e. The first-order valence-electron chi connectivity index (χ1n) is 9.47. The summed E-state index contributed by atoms with van der Waals surface area (Å²) >= 11 is 1.25. The average Bonchev–Trinajstić information content (AvgIpc) is 3.09. The number of aromatic nitrogens is 1. The lowest BCUT2D eigenvalue weighted by molar-refractivity contribution is 0.0954. The van der Waals surface area contributed by atoms with E-state index in [-0.39, 0.29) is 17.3 Å². The van der Waals surface area contributed by atoms with E-state index in [1.165, 1.54) is 34.1 Å². The minimum atomic E-state index is -0.314. The van der Waals surface area contributed by atoms with Crippen LogP contribution in [0.25, 0.3) is 5.00 Å². The molecule has 0 aliphatic carbocycles. The fraction of sp³-hybridized carbons (Fsp3) is 0.273. The summed E-state index contributed by atoms with van der Waals surface area (Å²) in [6, 6.07) is 11.0. The zero-order chi connectivity index (χ0) is 20.8. The monoisotopic (exact) mass is 414 g/mol. The highest BCUT2D eigenvalue weighted by molar-refractivity contribution is 7.16. The summed E-state index contributed by atoms with van der Waals surface area (Å²) in [6.45, 7) is 4.79. The molecule has 0 aliphatic heterocycles. The SMILES string of the molecule is CCCCOc1ccn(-c2cc(C)c(C(=O)NCc3ccc(F)cc3)s2)c(=O)c1. The van der Waals surface area contributed by atoms with Gasteiger partial charge in [-0.2, -0.15) is 0 Å². The third-order valence-corrected chi connectivity index (χ3v) is 5.61. The number of hydrogen-bond acceptors (Lipinski definition) is 4. The van der Waals surface area contributed by atoms with E-state index in [0.717, 1.165) is 24.0 Å². The Kier molecular flexibility index (Phi) is 6.82. The number of thiophene rings is 1. The summed E-state index contributed by atoms with van der Waals surface area (Å²) in [5, 5.41) is 3.50. The Balaban J connectivity index is 1.71. The molecule has 7 heteroatoms. The molecule has 0 saturated carbocycles. The highest BCUT2D eigenvalue weighted by Crippen LogP contribution is 2.25. The summed E-state index contributed by atoms with van der Waals surface area (Å²) in [6.07, 6.45) is 3.62. The van der Waals surface area contributed by atoms with Gasteiger partial charge in [0.15, 0.2) is 0 Å². The quantitative estimate of drug-likeness (QED) is 0.554. The fourth-order valence-electron chi connectivity index (χ4n) is 2.74. The predicted molar refractivity (Wildman–Crippen MR) is 113 cm³/mol. The van der Waals surface area contributed by atoms with Gasteiger partial charge in [-0.05, 0) is 48.7 Å². The first-order chi connectivity index (χ1) is 14.0. The zero-order valence-electron chi connectivity index (χ0n) is 16.4. The molecule has 0 unspecified atom stereocenters. The molecule has 0 spiro atoms. The van der Waals surface area contributed by atoms with Gasteiger partial charge in [0, 0.05) is 18.8 Å². The van der Waals surface area contributed by atoms with Gasteiger partial charge >= 0.3 is 0 Å². The van der Waals surface area contributed by atoms with Crippen LogP contribution in [0.5, 0.6) is 5.75 Å². The highest BCUT2D eigenvalue weighted by atomic mass is 32.1. The fourth-order valence-corrected chi connectivity index (χ4v) is 3.82. The zero-order valence-corrected chi connectivity index (χ0v) is 17.2. The highest BCUT2D eigenvalue weighted by Gasteiger charge is 2.15. The summed E-state index contributed by atoms with van der Waals surface area (Å²) in [5.41, 5.74) is 1.39. The topological polar surface area (TPSA) is 60.3 Å². The van der Waals surface area contributed by atoms with E-state index in [1.54, 1.807) is 24.4 Å². The molecule has 29 heavy (non-hydrogen) atoms. The number of pyridine rings is 1. The molecule has 152 valence electrons. The number of nitrogens with one attached hydrogen (secondary N) is 1. The van der Waals surface area contributed by atoms with E-state index < -0.39 is 0 Å². The third kappa shape index (κ3) is 5.32. The molecule has 0 saturated heterocycles. The Labute approximate surface area is 172 Å². The van der Waals surface area contributed by atoms with Gasteiger partial charge in [-0.25, -0.2) is 4.39 Å². The number of amides is 1. The number of unbranched alkanes of at least 4 members (excludes halogenated alkanes) is 1. The Morgan fingerprint density at radius 1 is 1.21 bits per heavy atom. The van der Waals surface area contributed by atoms with Crippen molar-refractivity contribution < 1.29 is 13.9 Å². The molecule has 0 atom stereocenters. The molecular weight excluding hydrogens is 391 g/mol. The van der Waals surface area contributed by atoms with Gasteiger partial charge in [-0.15, -0.1) is 11.3 Å². The number of benzene rings is 1. The Hall–Kier alpha value is -2.93. The van der Waals surface area contributed by atoms with Crippen LogP contribution in [-0.4, -0.2) is 17.1 Å². The van der Waals surface area contributed by atoms with Crippen LogP contribution in [0.15, 0.2) is 53.5 Å². The summed E-state index contributed by atoms with van der Waals surface area (Å²) in [5.74, 6) is 0.00642.